The Bertz CT molecular complexity index is 251. The summed E-state index contributed by atoms with van der Waals surface area (Å²) in [6.07, 6.45) is 3.69. The maximum Gasteiger partial charge on any atom is 3.00 e. The van der Waals surface area contributed by atoms with Crippen molar-refractivity contribution in [2.24, 2.45) is 0 Å². The van der Waals surface area contributed by atoms with E-state index in [0.717, 1.165) is 0 Å². The van der Waals surface area contributed by atoms with Crippen LogP contribution in [0.15, 0.2) is 38.0 Å². The van der Waals surface area contributed by atoms with Crippen molar-refractivity contribution in [1.82, 2.24) is 0 Å². The zero-order chi connectivity index (χ0) is 15.0. The first-order valence-electron chi connectivity index (χ1n) is 4.73. The summed E-state index contributed by atoms with van der Waals surface area (Å²) >= 11 is 0. The maximum atomic E-state index is 9.42. The van der Waals surface area contributed by atoms with Crippen LogP contribution < -0.4 is 15.3 Å². The fourth-order valence-electron chi connectivity index (χ4n) is 0.354. The molecule has 7 heteroatoms. The molecule has 1 radical (unpaired) electrons. The van der Waals surface area contributed by atoms with E-state index < -0.39 is 17.9 Å². The van der Waals surface area contributed by atoms with Crippen molar-refractivity contribution in [2.75, 3.05) is 0 Å². The number of hydrogen-bond acceptors (Lipinski definition) is 6. The molecule has 0 bridgehead atoms. The molecule has 0 aromatic carbocycles. The quantitative estimate of drug-likeness (QED) is 0.410. The van der Waals surface area contributed by atoms with Crippen molar-refractivity contribution in [1.29, 1.82) is 0 Å². The summed E-state index contributed by atoms with van der Waals surface area (Å²) in [4.78, 5) is 28.3. The van der Waals surface area contributed by atoms with Gasteiger partial charge < -0.3 is 29.7 Å². The monoisotopic (exact) mass is 311 g/mol. The topological polar surface area (TPSA) is 120 Å². The standard InChI is InChI=1S/3C4H6O2.Fe/c3*1-2-3-4(5)6;/h3*2H,1,3H2,(H,5,6);/q;;;+3/p-3. The van der Waals surface area contributed by atoms with Crippen molar-refractivity contribution in [3.8, 4) is 0 Å². The second-order valence-electron chi connectivity index (χ2n) is 2.59. The maximum absolute atomic E-state index is 9.42. The average molecular weight is 311 g/mol. The number of carbonyl (C=O) groups is 3. The van der Waals surface area contributed by atoms with Gasteiger partial charge in [0, 0.05) is 37.2 Å². The van der Waals surface area contributed by atoms with Gasteiger partial charge in [-0.1, -0.05) is 18.2 Å². The summed E-state index contributed by atoms with van der Waals surface area (Å²) in [5.74, 6) is -3.24. The second-order valence-corrected chi connectivity index (χ2v) is 2.59. The summed E-state index contributed by atoms with van der Waals surface area (Å²) in [5.41, 5.74) is 0. The van der Waals surface area contributed by atoms with Gasteiger partial charge >= 0.3 is 17.1 Å². The molecule has 0 saturated heterocycles. The molecule has 0 aromatic rings. The van der Waals surface area contributed by atoms with Crippen LogP contribution in [0, 0.1) is 0 Å². The minimum Gasteiger partial charge on any atom is -0.550 e. The Kier molecular flexibility index (Phi) is 29.2. The zero-order valence-electron chi connectivity index (χ0n) is 10.3. The molecule has 0 amide bonds. The second kappa shape index (κ2) is 21.4. The molecule has 0 aliphatic heterocycles. The molecule has 0 atom stereocenters. The molecule has 107 valence electrons. The van der Waals surface area contributed by atoms with E-state index in [9.17, 15) is 29.7 Å². The molecule has 0 aliphatic rings. The van der Waals surface area contributed by atoms with Crippen LogP contribution in [0.3, 0.4) is 0 Å². The van der Waals surface area contributed by atoms with Crippen molar-refractivity contribution in [3.05, 3.63) is 38.0 Å². The van der Waals surface area contributed by atoms with Crippen LogP contribution in [0.2, 0.25) is 0 Å². The van der Waals surface area contributed by atoms with E-state index in [1.807, 2.05) is 0 Å². The van der Waals surface area contributed by atoms with E-state index in [0.29, 0.717) is 0 Å². The number of rotatable bonds is 6. The van der Waals surface area contributed by atoms with Gasteiger partial charge in [0.05, 0.1) is 0 Å². The van der Waals surface area contributed by atoms with Gasteiger partial charge in [-0.15, -0.1) is 19.7 Å². The smallest absolute Gasteiger partial charge is 0.550 e. The fourth-order valence-corrected chi connectivity index (χ4v) is 0.354. The number of aliphatic carboxylic acids is 3. The van der Waals surface area contributed by atoms with E-state index in [4.69, 9.17) is 0 Å². The molecule has 0 rings (SSSR count). The first-order valence-corrected chi connectivity index (χ1v) is 4.73. The summed E-state index contributed by atoms with van der Waals surface area (Å²) in [6, 6.07) is 0. The van der Waals surface area contributed by atoms with Gasteiger partial charge in [-0.2, -0.15) is 0 Å². The molecule has 0 unspecified atom stereocenters. The minimum absolute atomic E-state index is 0. The van der Waals surface area contributed by atoms with Crippen LogP contribution in [0.25, 0.3) is 0 Å². The van der Waals surface area contributed by atoms with E-state index in [2.05, 4.69) is 19.7 Å². The van der Waals surface area contributed by atoms with Gasteiger partial charge in [-0.05, 0) is 0 Å². The predicted molar refractivity (Wildman–Crippen MR) is 59.5 cm³/mol. The van der Waals surface area contributed by atoms with Gasteiger partial charge in [0.25, 0.3) is 0 Å². The van der Waals surface area contributed by atoms with Gasteiger partial charge in [0.15, 0.2) is 0 Å². The van der Waals surface area contributed by atoms with Crippen molar-refractivity contribution >= 4 is 17.9 Å². The summed E-state index contributed by atoms with van der Waals surface area (Å²) in [6.45, 7) is 9.54. The Balaban J connectivity index is -0.0000000865. The van der Waals surface area contributed by atoms with Crippen LogP contribution in [-0.2, 0) is 31.5 Å². The van der Waals surface area contributed by atoms with Crippen LogP contribution in [-0.4, -0.2) is 17.9 Å². The van der Waals surface area contributed by atoms with Crippen molar-refractivity contribution in [2.45, 2.75) is 19.3 Å². The van der Waals surface area contributed by atoms with Crippen molar-refractivity contribution in [3.63, 3.8) is 0 Å². The molecule has 0 saturated carbocycles. The number of hydrogen-bond donors (Lipinski definition) is 0. The molecule has 0 N–H and O–H groups in total. The molecule has 0 aromatic heterocycles. The first-order chi connectivity index (χ1) is 8.31. The van der Waals surface area contributed by atoms with Gasteiger partial charge in [-0.25, -0.2) is 0 Å². The number of carboxylic acid groups (broad SMARTS) is 3. The van der Waals surface area contributed by atoms with Crippen LogP contribution in [0.4, 0.5) is 0 Å². The van der Waals surface area contributed by atoms with Gasteiger partial charge in [-0.3, -0.25) is 0 Å². The van der Waals surface area contributed by atoms with Gasteiger partial charge in [0.1, 0.15) is 0 Å². The normalized spacial score (nSPS) is 6.95. The van der Waals surface area contributed by atoms with E-state index in [-0.39, 0.29) is 36.3 Å². The Labute approximate surface area is 122 Å². The predicted octanol–water partition coefficient (Wildman–Crippen LogP) is -2.07. The zero-order valence-corrected chi connectivity index (χ0v) is 11.4. The molecule has 0 spiro atoms. The van der Waals surface area contributed by atoms with Crippen LogP contribution >= 0.6 is 0 Å². The van der Waals surface area contributed by atoms with Gasteiger partial charge in [0.2, 0.25) is 0 Å². The Hall–Kier alpha value is -1.85. The molecule has 0 fully saturated rings. The molecule has 0 aliphatic carbocycles. The SMILES string of the molecule is C=CCC(=O)[O-].C=CCC(=O)[O-].C=CCC(=O)[O-].[Fe+3]. The molecule has 0 heterocycles. The van der Waals surface area contributed by atoms with E-state index >= 15 is 0 Å². The Morgan fingerprint density at radius 3 is 0.842 bits per heavy atom. The van der Waals surface area contributed by atoms with Crippen LogP contribution in [0.1, 0.15) is 19.3 Å². The third kappa shape index (κ3) is 63.3. The van der Waals surface area contributed by atoms with Crippen molar-refractivity contribution < 1.29 is 46.8 Å². The molecular weight excluding hydrogens is 296 g/mol. The Morgan fingerprint density at radius 1 is 0.684 bits per heavy atom. The minimum atomic E-state index is -1.08. The Morgan fingerprint density at radius 2 is 0.842 bits per heavy atom. The summed E-state index contributed by atoms with van der Waals surface area (Å²) < 4.78 is 0. The first kappa shape index (κ1) is 25.9. The average Bonchev–Trinajstić information content (AvgIpc) is 2.18. The van der Waals surface area contributed by atoms with Crippen LogP contribution in [0.5, 0.6) is 0 Å². The number of carbonyl (C=O) groups excluding carboxylic acids is 3. The third-order valence-electron chi connectivity index (χ3n) is 0.933. The molecule has 6 nitrogen and oxygen atoms in total. The largest absolute Gasteiger partial charge is 3.00 e. The molecule has 19 heavy (non-hydrogen) atoms. The molecular formula is C12H15FeO6. The fraction of sp³-hybridized carbons (Fsp3) is 0.250. The number of carboxylic acids is 3. The van der Waals surface area contributed by atoms with E-state index in [1.54, 1.807) is 0 Å². The summed E-state index contributed by atoms with van der Waals surface area (Å²) in [7, 11) is 0. The van der Waals surface area contributed by atoms with E-state index in [1.165, 1.54) is 18.2 Å². The third-order valence-corrected chi connectivity index (χ3v) is 0.933. The summed E-state index contributed by atoms with van der Waals surface area (Å²) in [5, 5.41) is 28.3.